The molecule has 0 saturated heterocycles. The summed E-state index contributed by atoms with van der Waals surface area (Å²) in [5, 5.41) is 10.8. The minimum absolute atomic E-state index is 0.0420. The summed E-state index contributed by atoms with van der Waals surface area (Å²) in [5.41, 5.74) is 9.23. The molecule has 4 N–H and O–H groups in total. The minimum Gasteiger partial charge on any atom is -0.463 e. The summed E-state index contributed by atoms with van der Waals surface area (Å²) in [6.45, 7) is 0. The first-order valence-electron chi connectivity index (χ1n) is 9.29. The average Bonchev–Trinajstić information content (AvgIpc) is 2.78. The van der Waals surface area contributed by atoms with Gasteiger partial charge in [-0.2, -0.15) is 5.01 Å². The molecule has 3 aromatic carbocycles. The molecule has 1 heterocycles. The van der Waals surface area contributed by atoms with Crippen LogP contribution < -0.4 is 16.2 Å². The number of amides is 2. The molecule has 0 bridgehead atoms. The van der Waals surface area contributed by atoms with Gasteiger partial charge >= 0.3 is 6.09 Å². The van der Waals surface area contributed by atoms with Crippen LogP contribution in [0.25, 0.3) is 22.2 Å². The SMILES string of the molecule is Nc1cccc(-c2cc(C(=O)NN(C(=O)O)c3ccccc3)c3ccccc3n2)c1F. The zero-order valence-corrected chi connectivity index (χ0v) is 16.1. The molecule has 0 aliphatic carbocycles. The fraction of sp³-hybridized carbons (Fsp3) is 0. The Balaban J connectivity index is 1.81. The molecule has 4 aromatic rings. The molecule has 0 unspecified atom stereocenters. The smallest absolute Gasteiger partial charge is 0.431 e. The number of hydrogen-bond acceptors (Lipinski definition) is 4. The summed E-state index contributed by atoms with van der Waals surface area (Å²) in [5.74, 6) is -1.33. The number of carboxylic acid groups (broad SMARTS) is 1. The summed E-state index contributed by atoms with van der Waals surface area (Å²) in [6.07, 6.45) is -1.36. The van der Waals surface area contributed by atoms with E-state index in [4.69, 9.17) is 5.73 Å². The van der Waals surface area contributed by atoms with Crippen LogP contribution in [0.2, 0.25) is 0 Å². The van der Waals surface area contributed by atoms with Crippen LogP contribution in [0.1, 0.15) is 10.4 Å². The van der Waals surface area contributed by atoms with Gasteiger partial charge in [0.15, 0.2) is 5.82 Å². The second kappa shape index (κ2) is 8.11. The molecule has 2 amide bonds. The van der Waals surface area contributed by atoms with E-state index in [0.717, 1.165) is 5.01 Å². The number of halogens is 1. The van der Waals surface area contributed by atoms with Crippen molar-refractivity contribution in [3.63, 3.8) is 0 Å². The van der Waals surface area contributed by atoms with Crippen molar-refractivity contribution in [2.75, 3.05) is 10.7 Å². The number of carbonyl (C=O) groups is 2. The number of hydrogen-bond donors (Lipinski definition) is 3. The van der Waals surface area contributed by atoms with Gasteiger partial charge in [0.25, 0.3) is 5.91 Å². The molecule has 31 heavy (non-hydrogen) atoms. The summed E-state index contributed by atoms with van der Waals surface area (Å²) in [6, 6.07) is 20.9. The standard InChI is InChI=1S/C23H17FN4O3/c24-21-16(10-6-11-18(21)25)20-13-17(15-9-4-5-12-19(15)26-20)22(29)27-28(23(30)31)14-7-2-1-3-8-14/h1-13H,25H2,(H,27,29)(H,30,31). The van der Waals surface area contributed by atoms with E-state index in [9.17, 15) is 19.1 Å². The Morgan fingerprint density at radius 3 is 2.42 bits per heavy atom. The van der Waals surface area contributed by atoms with E-state index < -0.39 is 17.8 Å². The summed E-state index contributed by atoms with van der Waals surface area (Å²) < 4.78 is 14.6. The molecule has 0 saturated carbocycles. The highest BCUT2D eigenvalue weighted by molar-refractivity contribution is 6.09. The number of nitrogen functional groups attached to an aromatic ring is 1. The number of nitrogens with zero attached hydrogens (tertiary/aromatic N) is 2. The van der Waals surface area contributed by atoms with Crippen LogP contribution in [0, 0.1) is 5.82 Å². The van der Waals surface area contributed by atoms with Gasteiger partial charge < -0.3 is 10.8 Å². The van der Waals surface area contributed by atoms with E-state index in [0.29, 0.717) is 10.9 Å². The first kappa shape index (κ1) is 19.8. The van der Waals surface area contributed by atoms with E-state index >= 15 is 0 Å². The fourth-order valence-electron chi connectivity index (χ4n) is 3.21. The monoisotopic (exact) mass is 416 g/mol. The molecule has 0 atom stereocenters. The van der Waals surface area contributed by atoms with Gasteiger partial charge in [-0.15, -0.1) is 0 Å². The topological polar surface area (TPSA) is 109 Å². The van der Waals surface area contributed by atoms with Gasteiger partial charge in [-0.3, -0.25) is 10.2 Å². The van der Waals surface area contributed by atoms with Crippen LogP contribution in [-0.2, 0) is 0 Å². The lowest BCUT2D eigenvalue weighted by atomic mass is 10.0. The van der Waals surface area contributed by atoms with Gasteiger partial charge in [0.1, 0.15) is 0 Å². The lowest BCUT2D eigenvalue weighted by molar-refractivity contribution is 0.0946. The predicted molar refractivity (Wildman–Crippen MR) is 116 cm³/mol. The number of nitrogens with one attached hydrogen (secondary N) is 1. The average molecular weight is 416 g/mol. The van der Waals surface area contributed by atoms with E-state index in [-0.39, 0.29) is 28.2 Å². The fourth-order valence-corrected chi connectivity index (χ4v) is 3.21. The first-order valence-corrected chi connectivity index (χ1v) is 9.29. The van der Waals surface area contributed by atoms with Crippen molar-refractivity contribution in [3.05, 3.63) is 90.2 Å². The van der Waals surface area contributed by atoms with Crippen molar-refractivity contribution in [1.29, 1.82) is 0 Å². The normalized spacial score (nSPS) is 10.6. The Bertz CT molecular complexity index is 1290. The first-order chi connectivity index (χ1) is 15.0. The van der Waals surface area contributed by atoms with Crippen molar-refractivity contribution < 1.29 is 19.1 Å². The van der Waals surface area contributed by atoms with Gasteiger partial charge in [-0.1, -0.05) is 42.5 Å². The van der Waals surface area contributed by atoms with Crippen LogP contribution >= 0.6 is 0 Å². The van der Waals surface area contributed by atoms with Crippen LogP contribution in [0.5, 0.6) is 0 Å². The molecule has 154 valence electrons. The maximum Gasteiger partial charge on any atom is 0.431 e. The van der Waals surface area contributed by atoms with Gasteiger partial charge in [0.2, 0.25) is 0 Å². The molecule has 0 aliphatic rings. The minimum atomic E-state index is -1.36. The predicted octanol–water partition coefficient (Wildman–Crippen LogP) is 4.45. The van der Waals surface area contributed by atoms with Crippen molar-refractivity contribution in [2.45, 2.75) is 0 Å². The molecular weight excluding hydrogens is 399 g/mol. The molecule has 0 spiro atoms. The lowest BCUT2D eigenvalue weighted by Gasteiger charge is -2.20. The van der Waals surface area contributed by atoms with Gasteiger partial charge in [-0.05, 0) is 36.4 Å². The Labute approximate surface area is 176 Å². The number of rotatable bonds is 3. The van der Waals surface area contributed by atoms with Crippen LogP contribution in [-0.4, -0.2) is 22.1 Å². The Morgan fingerprint density at radius 1 is 0.968 bits per heavy atom. The second-order valence-electron chi connectivity index (χ2n) is 6.68. The molecule has 0 radical (unpaired) electrons. The number of benzene rings is 3. The highest BCUT2D eigenvalue weighted by Gasteiger charge is 2.21. The van der Waals surface area contributed by atoms with E-state index in [2.05, 4.69) is 10.4 Å². The molecule has 0 aliphatic heterocycles. The third-order valence-corrected chi connectivity index (χ3v) is 4.68. The molecule has 4 rings (SSSR count). The maximum atomic E-state index is 14.6. The highest BCUT2D eigenvalue weighted by Crippen LogP contribution is 2.29. The third kappa shape index (κ3) is 3.86. The summed E-state index contributed by atoms with van der Waals surface area (Å²) in [4.78, 5) is 29.3. The van der Waals surface area contributed by atoms with Gasteiger partial charge in [0.05, 0.1) is 28.1 Å². The third-order valence-electron chi connectivity index (χ3n) is 4.68. The molecule has 8 heteroatoms. The number of para-hydroxylation sites is 2. The van der Waals surface area contributed by atoms with Crippen molar-refractivity contribution in [1.82, 2.24) is 10.4 Å². The van der Waals surface area contributed by atoms with Crippen LogP contribution in [0.3, 0.4) is 0 Å². The Morgan fingerprint density at radius 2 is 1.68 bits per heavy atom. The number of aromatic nitrogens is 1. The number of fused-ring (bicyclic) bond motifs is 1. The largest absolute Gasteiger partial charge is 0.463 e. The second-order valence-corrected chi connectivity index (χ2v) is 6.68. The van der Waals surface area contributed by atoms with Crippen molar-refractivity contribution in [2.24, 2.45) is 0 Å². The summed E-state index contributed by atoms with van der Waals surface area (Å²) in [7, 11) is 0. The molecule has 1 aromatic heterocycles. The van der Waals surface area contributed by atoms with Crippen molar-refractivity contribution >= 4 is 34.3 Å². The zero-order valence-electron chi connectivity index (χ0n) is 16.1. The maximum absolute atomic E-state index is 14.6. The number of nitrogens with two attached hydrogens (primary N) is 1. The molecule has 0 fully saturated rings. The Hall–Kier alpha value is -4.46. The number of pyridine rings is 1. The molecule has 7 nitrogen and oxygen atoms in total. The van der Waals surface area contributed by atoms with Crippen molar-refractivity contribution in [3.8, 4) is 11.3 Å². The van der Waals surface area contributed by atoms with Gasteiger partial charge in [-0.25, -0.2) is 14.2 Å². The van der Waals surface area contributed by atoms with E-state index in [1.165, 1.54) is 18.2 Å². The number of carbonyl (C=O) groups excluding carboxylic acids is 1. The highest BCUT2D eigenvalue weighted by atomic mass is 19.1. The lowest BCUT2D eigenvalue weighted by Crippen LogP contribution is -2.45. The number of hydrazine groups is 1. The van der Waals surface area contributed by atoms with Crippen LogP contribution in [0.4, 0.5) is 20.6 Å². The quantitative estimate of drug-likeness (QED) is 0.338. The zero-order chi connectivity index (χ0) is 22.0. The van der Waals surface area contributed by atoms with E-state index in [1.807, 2.05) is 0 Å². The van der Waals surface area contributed by atoms with Gasteiger partial charge in [0, 0.05) is 10.9 Å². The van der Waals surface area contributed by atoms with Crippen LogP contribution in [0.15, 0.2) is 78.9 Å². The van der Waals surface area contributed by atoms with E-state index in [1.54, 1.807) is 60.7 Å². The summed E-state index contributed by atoms with van der Waals surface area (Å²) >= 11 is 0. The number of anilines is 2. The Kier molecular flexibility index (Phi) is 5.19. The molecular formula is C23H17FN4O3.